The number of methoxy groups -OCH3 is 1. The number of likely N-dealkylation sites (tertiary alicyclic amines) is 1. The first kappa shape index (κ1) is 22.5. The number of hydrogen-bond donors (Lipinski definition) is 0. The summed E-state index contributed by atoms with van der Waals surface area (Å²) in [5.41, 5.74) is 0. The van der Waals surface area contributed by atoms with Crippen molar-refractivity contribution in [1.29, 1.82) is 0 Å². The SMILES string of the molecule is CCCCCCCCCCCCCCCC(=O)N1CCC[C@H]1COC. The smallest absolute Gasteiger partial charge is 0.222 e. The molecule has 1 heterocycles. The van der Waals surface area contributed by atoms with Crippen molar-refractivity contribution < 1.29 is 9.53 Å². The van der Waals surface area contributed by atoms with Gasteiger partial charge in [0.1, 0.15) is 0 Å². The van der Waals surface area contributed by atoms with Gasteiger partial charge in [-0.05, 0) is 19.3 Å². The van der Waals surface area contributed by atoms with Crippen LogP contribution in [0, 0.1) is 0 Å². The number of hydrogen-bond acceptors (Lipinski definition) is 2. The van der Waals surface area contributed by atoms with Crippen LogP contribution in [-0.4, -0.2) is 37.1 Å². The van der Waals surface area contributed by atoms with Crippen LogP contribution in [0.2, 0.25) is 0 Å². The normalized spacial score (nSPS) is 17.4. The van der Waals surface area contributed by atoms with Crippen LogP contribution in [0.25, 0.3) is 0 Å². The van der Waals surface area contributed by atoms with Gasteiger partial charge >= 0.3 is 0 Å². The number of unbranched alkanes of at least 4 members (excludes halogenated alkanes) is 12. The lowest BCUT2D eigenvalue weighted by molar-refractivity contribution is -0.133. The molecule has 0 N–H and O–H groups in total. The van der Waals surface area contributed by atoms with E-state index < -0.39 is 0 Å². The van der Waals surface area contributed by atoms with Crippen molar-refractivity contribution in [2.24, 2.45) is 0 Å². The summed E-state index contributed by atoms with van der Waals surface area (Å²) >= 11 is 0. The molecular weight excluding hydrogens is 310 g/mol. The fourth-order valence-electron chi connectivity index (χ4n) is 3.97. The third kappa shape index (κ3) is 10.9. The van der Waals surface area contributed by atoms with Crippen LogP contribution in [0.4, 0.5) is 0 Å². The molecule has 1 amide bonds. The van der Waals surface area contributed by atoms with E-state index in [1.807, 2.05) is 0 Å². The predicted molar refractivity (Wildman–Crippen MR) is 107 cm³/mol. The standard InChI is InChI=1S/C22H43NO2/c1-3-4-5-6-7-8-9-10-11-12-13-14-15-18-22(24)23-19-16-17-21(23)20-25-2/h21H,3-20H2,1-2H3/t21-/m0/s1. The highest BCUT2D eigenvalue weighted by atomic mass is 16.5. The fraction of sp³-hybridized carbons (Fsp3) is 0.955. The molecule has 25 heavy (non-hydrogen) atoms. The maximum Gasteiger partial charge on any atom is 0.222 e. The van der Waals surface area contributed by atoms with Crippen LogP contribution in [0.5, 0.6) is 0 Å². The molecule has 0 saturated carbocycles. The second-order valence-corrected chi connectivity index (χ2v) is 7.83. The molecule has 0 unspecified atom stereocenters. The van der Waals surface area contributed by atoms with Gasteiger partial charge < -0.3 is 9.64 Å². The molecule has 0 spiro atoms. The molecule has 148 valence electrons. The monoisotopic (exact) mass is 353 g/mol. The van der Waals surface area contributed by atoms with Crippen molar-refractivity contribution >= 4 is 5.91 Å². The van der Waals surface area contributed by atoms with Crippen molar-refractivity contribution in [2.45, 2.75) is 116 Å². The van der Waals surface area contributed by atoms with Gasteiger partial charge in [0, 0.05) is 20.1 Å². The summed E-state index contributed by atoms with van der Waals surface area (Å²) in [6.07, 6.45) is 20.6. The van der Waals surface area contributed by atoms with E-state index in [1.165, 1.54) is 77.0 Å². The Morgan fingerprint density at radius 2 is 1.40 bits per heavy atom. The minimum absolute atomic E-state index is 0.333. The highest BCUT2D eigenvalue weighted by Gasteiger charge is 2.27. The quantitative estimate of drug-likeness (QED) is 0.313. The summed E-state index contributed by atoms with van der Waals surface area (Å²) in [6.45, 7) is 3.91. The third-order valence-corrected chi connectivity index (χ3v) is 5.55. The number of nitrogens with zero attached hydrogens (tertiary/aromatic N) is 1. The molecule has 1 aliphatic heterocycles. The van der Waals surface area contributed by atoms with E-state index in [2.05, 4.69) is 11.8 Å². The van der Waals surface area contributed by atoms with Gasteiger partial charge in [-0.1, -0.05) is 84.0 Å². The van der Waals surface area contributed by atoms with Gasteiger partial charge in [0.2, 0.25) is 5.91 Å². The van der Waals surface area contributed by atoms with E-state index in [0.29, 0.717) is 18.6 Å². The van der Waals surface area contributed by atoms with Gasteiger partial charge in [-0.2, -0.15) is 0 Å². The molecule has 3 nitrogen and oxygen atoms in total. The molecule has 1 aliphatic rings. The maximum atomic E-state index is 12.3. The van der Waals surface area contributed by atoms with E-state index in [4.69, 9.17) is 4.74 Å². The van der Waals surface area contributed by atoms with Crippen molar-refractivity contribution in [2.75, 3.05) is 20.3 Å². The minimum Gasteiger partial charge on any atom is -0.383 e. The Kier molecular flexibility index (Phi) is 14.1. The summed E-state index contributed by atoms with van der Waals surface area (Å²) in [7, 11) is 1.73. The largest absolute Gasteiger partial charge is 0.383 e. The first-order valence-corrected chi connectivity index (χ1v) is 11.1. The molecule has 1 fully saturated rings. The average molecular weight is 354 g/mol. The Morgan fingerprint density at radius 1 is 0.880 bits per heavy atom. The highest BCUT2D eigenvalue weighted by molar-refractivity contribution is 5.76. The molecular formula is C22H43NO2. The zero-order chi connectivity index (χ0) is 18.2. The van der Waals surface area contributed by atoms with Crippen molar-refractivity contribution in [1.82, 2.24) is 4.90 Å². The Hall–Kier alpha value is -0.570. The first-order valence-electron chi connectivity index (χ1n) is 11.1. The zero-order valence-corrected chi connectivity index (χ0v) is 17.1. The van der Waals surface area contributed by atoms with Crippen LogP contribution in [0.3, 0.4) is 0 Å². The number of ether oxygens (including phenoxy) is 1. The van der Waals surface area contributed by atoms with Crippen LogP contribution < -0.4 is 0 Å². The highest BCUT2D eigenvalue weighted by Crippen LogP contribution is 2.20. The maximum absolute atomic E-state index is 12.3. The predicted octanol–water partition coefficient (Wildman–Crippen LogP) is 6.11. The number of carbonyl (C=O) groups excluding carboxylic acids is 1. The second-order valence-electron chi connectivity index (χ2n) is 7.83. The van der Waals surface area contributed by atoms with Gasteiger partial charge in [0.25, 0.3) is 0 Å². The second kappa shape index (κ2) is 15.7. The van der Waals surface area contributed by atoms with Gasteiger partial charge in [0.05, 0.1) is 12.6 Å². The van der Waals surface area contributed by atoms with E-state index in [0.717, 1.165) is 32.2 Å². The van der Waals surface area contributed by atoms with Crippen molar-refractivity contribution in [3.05, 3.63) is 0 Å². The molecule has 1 rings (SSSR count). The molecule has 0 aromatic heterocycles. The summed E-state index contributed by atoms with van der Waals surface area (Å²) in [5, 5.41) is 0. The van der Waals surface area contributed by atoms with Crippen molar-refractivity contribution in [3.8, 4) is 0 Å². The number of carbonyl (C=O) groups is 1. The Labute approximate surface area is 156 Å². The van der Waals surface area contributed by atoms with Crippen molar-refractivity contribution in [3.63, 3.8) is 0 Å². The van der Waals surface area contributed by atoms with Crippen LogP contribution in [-0.2, 0) is 9.53 Å². The van der Waals surface area contributed by atoms with E-state index in [1.54, 1.807) is 7.11 Å². The lowest BCUT2D eigenvalue weighted by Gasteiger charge is -2.24. The van der Waals surface area contributed by atoms with Crippen LogP contribution >= 0.6 is 0 Å². The average Bonchev–Trinajstić information content (AvgIpc) is 3.07. The number of amides is 1. The summed E-state index contributed by atoms with van der Waals surface area (Å²) in [6, 6.07) is 0.333. The lowest BCUT2D eigenvalue weighted by Crippen LogP contribution is -2.37. The molecule has 0 aliphatic carbocycles. The topological polar surface area (TPSA) is 29.5 Å². The van der Waals surface area contributed by atoms with E-state index >= 15 is 0 Å². The minimum atomic E-state index is 0.333. The Bertz CT molecular complexity index is 319. The molecule has 0 aromatic rings. The van der Waals surface area contributed by atoms with E-state index in [-0.39, 0.29) is 0 Å². The first-order chi connectivity index (χ1) is 12.3. The summed E-state index contributed by atoms with van der Waals surface area (Å²) in [5.74, 6) is 0.350. The van der Waals surface area contributed by atoms with Crippen LogP contribution in [0.15, 0.2) is 0 Å². The summed E-state index contributed by atoms with van der Waals surface area (Å²) < 4.78 is 5.23. The van der Waals surface area contributed by atoms with Gasteiger partial charge in [-0.15, -0.1) is 0 Å². The van der Waals surface area contributed by atoms with Gasteiger partial charge in [-0.25, -0.2) is 0 Å². The fourth-order valence-corrected chi connectivity index (χ4v) is 3.97. The van der Waals surface area contributed by atoms with E-state index in [9.17, 15) is 4.79 Å². The zero-order valence-electron chi connectivity index (χ0n) is 17.1. The van der Waals surface area contributed by atoms with Gasteiger partial charge in [-0.3, -0.25) is 4.79 Å². The molecule has 0 radical (unpaired) electrons. The van der Waals surface area contributed by atoms with Gasteiger partial charge in [0.15, 0.2) is 0 Å². The summed E-state index contributed by atoms with van der Waals surface area (Å²) in [4.78, 5) is 14.4. The lowest BCUT2D eigenvalue weighted by atomic mass is 10.0. The van der Waals surface area contributed by atoms with Crippen LogP contribution in [0.1, 0.15) is 110 Å². The molecule has 0 bridgehead atoms. The molecule has 0 aromatic carbocycles. The number of rotatable bonds is 16. The third-order valence-electron chi connectivity index (χ3n) is 5.55. The molecule has 1 saturated heterocycles. The Balaban J connectivity index is 1.86. The Morgan fingerprint density at radius 3 is 1.92 bits per heavy atom. The molecule has 1 atom stereocenters. The molecule has 3 heteroatoms.